The van der Waals surface area contributed by atoms with Crippen molar-refractivity contribution in [1.29, 1.82) is 0 Å². The summed E-state index contributed by atoms with van der Waals surface area (Å²) < 4.78 is 0. The number of thioether (sulfide) groups is 1. The third-order valence-electron chi connectivity index (χ3n) is 4.62. The lowest BCUT2D eigenvalue weighted by atomic mass is 10.1. The fourth-order valence-electron chi connectivity index (χ4n) is 3.30. The Hall–Kier alpha value is -1.24. The molecule has 2 heterocycles. The van der Waals surface area contributed by atoms with Crippen molar-refractivity contribution in [3.8, 4) is 0 Å². The van der Waals surface area contributed by atoms with Gasteiger partial charge in [-0.2, -0.15) is 0 Å². The molecule has 1 aromatic carbocycles. The summed E-state index contributed by atoms with van der Waals surface area (Å²) in [6.45, 7) is 4.93. The molecule has 132 valence electrons. The summed E-state index contributed by atoms with van der Waals surface area (Å²) >= 11 is 1.65. The van der Waals surface area contributed by atoms with E-state index in [-0.39, 0.29) is 36.2 Å². The van der Waals surface area contributed by atoms with E-state index in [9.17, 15) is 9.59 Å². The summed E-state index contributed by atoms with van der Waals surface area (Å²) in [5, 5.41) is 3.29. The maximum absolute atomic E-state index is 12.8. The Balaban J connectivity index is 0.00000208. The molecular formula is C17H24ClN3O2S. The second kappa shape index (κ2) is 8.23. The van der Waals surface area contributed by atoms with Crippen molar-refractivity contribution in [1.82, 2.24) is 10.2 Å². The predicted octanol–water partition coefficient (Wildman–Crippen LogP) is 2.00. The highest BCUT2D eigenvalue weighted by Crippen LogP contribution is 2.29. The Labute approximate surface area is 153 Å². The lowest BCUT2D eigenvalue weighted by Gasteiger charge is -2.35. The normalized spacial score (nSPS) is 24.0. The van der Waals surface area contributed by atoms with Gasteiger partial charge in [0.1, 0.15) is 0 Å². The minimum absolute atomic E-state index is 0. The van der Waals surface area contributed by atoms with Gasteiger partial charge in [0.05, 0.1) is 5.92 Å². The van der Waals surface area contributed by atoms with E-state index in [1.54, 1.807) is 16.7 Å². The second-order valence-corrected chi connectivity index (χ2v) is 7.07. The van der Waals surface area contributed by atoms with Gasteiger partial charge in [-0.15, -0.1) is 24.2 Å². The molecule has 5 nitrogen and oxygen atoms in total. The van der Waals surface area contributed by atoms with Gasteiger partial charge >= 0.3 is 0 Å². The van der Waals surface area contributed by atoms with Gasteiger partial charge in [-0.05, 0) is 31.4 Å². The van der Waals surface area contributed by atoms with Crippen LogP contribution in [0.15, 0.2) is 29.2 Å². The third kappa shape index (κ3) is 3.87. The number of halogens is 1. The van der Waals surface area contributed by atoms with Crippen LogP contribution in [-0.4, -0.2) is 55.2 Å². The van der Waals surface area contributed by atoms with Crippen LogP contribution < -0.4 is 10.2 Å². The zero-order chi connectivity index (χ0) is 16.4. The second-order valence-electron chi connectivity index (χ2n) is 6.19. The predicted molar refractivity (Wildman–Crippen MR) is 100.0 cm³/mol. The molecule has 0 bridgehead atoms. The van der Waals surface area contributed by atoms with Crippen LogP contribution in [0.4, 0.5) is 5.69 Å². The number of anilines is 1. The molecule has 24 heavy (non-hydrogen) atoms. The lowest BCUT2D eigenvalue weighted by Crippen LogP contribution is -2.54. The van der Waals surface area contributed by atoms with Gasteiger partial charge in [-0.1, -0.05) is 6.07 Å². The summed E-state index contributed by atoms with van der Waals surface area (Å²) in [5.41, 5.74) is 0.894. The van der Waals surface area contributed by atoms with Crippen molar-refractivity contribution >= 4 is 41.7 Å². The van der Waals surface area contributed by atoms with Crippen LogP contribution in [0.3, 0.4) is 0 Å². The first-order chi connectivity index (χ1) is 11.1. The van der Waals surface area contributed by atoms with E-state index in [4.69, 9.17) is 0 Å². The number of hydrogen-bond donors (Lipinski definition) is 1. The number of rotatable bonds is 3. The van der Waals surface area contributed by atoms with Gasteiger partial charge < -0.3 is 15.1 Å². The number of carbonyl (C=O) groups is 2. The largest absolute Gasteiger partial charge is 0.337 e. The summed E-state index contributed by atoms with van der Waals surface area (Å²) in [5.74, 6) is -0.0544. The van der Waals surface area contributed by atoms with E-state index in [1.165, 1.54) is 0 Å². The van der Waals surface area contributed by atoms with Gasteiger partial charge in [0.15, 0.2) is 0 Å². The molecule has 2 aliphatic rings. The maximum Gasteiger partial charge on any atom is 0.228 e. The Kier molecular flexibility index (Phi) is 6.54. The van der Waals surface area contributed by atoms with Crippen molar-refractivity contribution in [3.63, 3.8) is 0 Å². The number of nitrogens with one attached hydrogen (secondary N) is 1. The highest BCUT2D eigenvalue weighted by Gasteiger charge is 2.38. The first-order valence-electron chi connectivity index (χ1n) is 8.05. The van der Waals surface area contributed by atoms with E-state index in [0.29, 0.717) is 13.0 Å². The van der Waals surface area contributed by atoms with E-state index in [2.05, 4.69) is 12.2 Å². The minimum Gasteiger partial charge on any atom is -0.337 e. The molecule has 0 radical (unpaired) electrons. The molecule has 7 heteroatoms. The molecule has 0 spiro atoms. The van der Waals surface area contributed by atoms with E-state index in [0.717, 1.165) is 30.2 Å². The van der Waals surface area contributed by atoms with Crippen LogP contribution in [0, 0.1) is 5.92 Å². The van der Waals surface area contributed by atoms with Crippen LogP contribution >= 0.6 is 24.2 Å². The summed E-state index contributed by atoms with van der Waals surface area (Å²) in [4.78, 5) is 30.0. The van der Waals surface area contributed by atoms with Crippen molar-refractivity contribution in [2.24, 2.45) is 5.92 Å². The van der Waals surface area contributed by atoms with Crippen molar-refractivity contribution in [2.45, 2.75) is 24.3 Å². The molecular weight excluding hydrogens is 346 g/mol. The molecule has 0 aliphatic carbocycles. The van der Waals surface area contributed by atoms with Crippen molar-refractivity contribution in [2.75, 3.05) is 37.3 Å². The van der Waals surface area contributed by atoms with Gasteiger partial charge in [-0.3, -0.25) is 9.59 Å². The van der Waals surface area contributed by atoms with E-state index < -0.39 is 0 Å². The number of piperazine rings is 1. The quantitative estimate of drug-likeness (QED) is 0.828. The first kappa shape index (κ1) is 19.1. The Bertz CT molecular complexity index is 613. The fourth-order valence-corrected chi connectivity index (χ4v) is 3.76. The van der Waals surface area contributed by atoms with Crippen LogP contribution in [0.5, 0.6) is 0 Å². The van der Waals surface area contributed by atoms with E-state index in [1.807, 2.05) is 35.4 Å². The summed E-state index contributed by atoms with van der Waals surface area (Å²) in [7, 11) is 0. The van der Waals surface area contributed by atoms with Gasteiger partial charge in [0, 0.05) is 49.2 Å². The van der Waals surface area contributed by atoms with Crippen molar-refractivity contribution < 1.29 is 9.59 Å². The molecule has 0 aromatic heterocycles. The number of benzene rings is 1. The fraction of sp³-hybridized carbons (Fsp3) is 0.529. The van der Waals surface area contributed by atoms with Crippen LogP contribution in [0.25, 0.3) is 0 Å². The van der Waals surface area contributed by atoms with Crippen LogP contribution in [-0.2, 0) is 9.59 Å². The molecule has 0 saturated carbocycles. The zero-order valence-corrected chi connectivity index (χ0v) is 15.7. The molecule has 2 saturated heterocycles. The lowest BCUT2D eigenvalue weighted by molar-refractivity contribution is -0.138. The van der Waals surface area contributed by atoms with Crippen molar-refractivity contribution in [3.05, 3.63) is 24.3 Å². The average Bonchev–Trinajstić information content (AvgIpc) is 2.96. The molecule has 2 aliphatic heterocycles. The number of hydrogen-bond acceptors (Lipinski definition) is 4. The van der Waals surface area contributed by atoms with Gasteiger partial charge in [0.2, 0.25) is 11.8 Å². The molecule has 2 fully saturated rings. The topological polar surface area (TPSA) is 52.7 Å². The Morgan fingerprint density at radius 3 is 2.88 bits per heavy atom. The van der Waals surface area contributed by atoms with Gasteiger partial charge in [-0.25, -0.2) is 0 Å². The average molecular weight is 370 g/mol. The standard InChI is InChI=1S/C17H23N3O2S.ClH/c1-12-10-18-6-7-19(12)17(22)13-8-16(21)20(11-13)14-4-3-5-15(9-14)23-2;/h3-5,9,12-13,18H,6-8,10-11H2,1-2H3;1H/t12-,13?;/m0./s1. The minimum atomic E-state index is -0.221. The van der Waals surface area contributed by atoms with E-state index >= 15 is 0 Å². The van der Waals surface area contributed by atoms with Crippen LogP contribution in [0.2, 0.25) is 0 Å². The molecule has 1 aromatic rings. The number of nitrogens with zero attached hydrogens (tertiary/aromatic N) is 2. The Morgan fingerprint density at radius 2 is 2.17 bits per heavy atom. The SMILES string of the molecule is CSc1cccc(N2CC(C(=O)N3CCNC[C@@H]3C)CC2=O)c1.Cl. The molecule has 3 rings (SSSR count). The smallest absolute Gasteiger partial charge is 0.228 e. The molecule has 1 N–H and O–H groups in total. The maximum atomic E-state index is 12.8. The number of amides is 2. The Morgan fingerprint density at radius 1 is 1.38 bits per heavy atom. The first-order valence-corrected chi connectivity index (χ1v) is 9.28. The highest BCUT2D eigenvalue weighted by molar-refractivity contribution is 7.98. The molecule has 1 unspecified atom stereocenters. The summed E-state index contributed by atoms with van der Waals surface area (Å²) in [6.07, 6.45) is 2.34. The zero-order valence-electron chi connectivity index (χ0n) is 14.0. The number of carbonyl (C=O) groups excluding carboxylic acids is 2. The third-order valence-corrected chi connectivity index (χ3v) is 5.35. The van der Waals surface area contributed by atoms with Crippen LogP contribution in [0.1, 0.15) is 13.3 Å². The monoisotopic (exact) mass is 369 g/mol. The summed E-state index contributed by atoms with van der Waals surface area (Å²) in [6, 6.07) is 8.14. The highest BCUT2D eigenvalue weighted by atomic mass is 35.5. The van der Waals surface area contributed by atoms with Gasteiger partial charge in [0.25, 0.3) is 0 Å². The molecule has 2 amide bonds. The molecule has 2 atom stereocenters.